The van der Waals surface area contributed by atoms with Crippen LogP contribution >= 0.6 is 0 Å². The molecule has 0 aliphatic carbocycles. The van der Waals surface area contributed by atoms with Crippen molar-refractivity contribution < 1.29 is 9.32 Å². The third kappa shape index (κ3) is 3.48. The zero-order valence-corrected chi connectivity index (χ0v) is 10.3. The van der Waals surface area contributed by atoms with Gasteiger partial charge in [-0.05, 0) is 24.1 Å². The highest BCUT2D eigenvalue weighted by molar-refractivity contribution is 5.79. The monoisotopic (exact) mass is 245 g/mol. The van der Waals surface area contributed by atoms with Crippen LogP contribution in [0.2, 0.25) is 0 Å². The molecule has 2 aromatic rings. The molecule has 2 heterocycles. The van der Waals surface area contributed by atoms with Gasteiger partial charge < -0.3 is 4.52 Å². The maximum atomic E-state index is 11.4. The fourth-order valence-corrected chi connectivity index (χ4v) is 1.65. The van der Waals surface area contributed by atoms with Gasteiger partial charge >= 0.3 is 0 Å². The molecule has 18 heavy (non-hydrogen) atoms. The van der Waals surface area contributed by atoms with Crippen molar-refractivity contribution in [3.63, 3.8) is 0 Å². The Hall–Kier alpha value is -2.04. The zero-order chi connectivity index (χ0) is 12.8. The van der Waals surface area contributed by atoms with E-state index >= 15 is 0 Å². The lowest BCUT2D eigenvalue weighted by Crippen LogP contribution is -2.02. The Balaban J connectivity index is 1.96. The van der Waals surface area contributed by atoms with E-state index in [1.807, 2.05) is 19.1 Å². The topological polar surface area (TPSA) is 68.9 Å². The fourth-order valence-electron chi connectivity index (χ4n) is 1.65. The summed E-state index contributed by atoms with van der Waals surface area (Å²) in [5, 5.41) is 3.87. The van der Waals surface area contributed by atoms with E-state index in [-0.39, 0.29) is 12.2 Å². The number of carbonyl (C=O) groups is 1. The molecule has 0 bridgehead atoms. The maximum Gasteiger partial charge on any atom is 0.234 e. The number of hydrogen-bond donors (Lipinski definition) is 0. The molecule has 0 amide bonds. The molecule has 0 spiro atoms. The van der Waals surface area contributed by atoms with Gasteiger partial charge in [0.1, 0.15) is 5.78 Å². The Morgan fingerprint density at radius 2 is 2.11 bits per heavy atom. The second kappa shape index (κ2) is 6.05. The first-order valence-electron chi connectivity index (χ1n) is 6.00. The van der Waals surface area contributed by atoms with E-state index in [4.69, 9.17) is 4.52 Å². The number of aromatic nitrogens is 3. The molecule has 0 atom stereocenters. The third-order valence-electron chi connectivity index (χ3n) is 2.50. The molecule has 5 nitrogen and oxygen atoms in total. The molecule has 0 saturated carbocycles. The molecule has 0 fully saturated rings. The minimum atomic E-state index is 0.136. The highest BCUT2D eigenvalue weighted by atomic mass is 16.5. The first kappa shape index (κ1) is 12.4. The summed E-state index contributed by atoms with van der Waals surface area (Å²) in [5.41, 5.74) is 1.07. The number of carbonyl (C=O) groups excluding carboxylic acids is 1. The summed E-state index contributed by atoms with van der Waals surface area (Å²) in [4.78, 5) is 19.6. The number of rotatable bonds is 6. The summed E-state index contributed by atoms with van der Waals surface area (Å²) in [5.74, 6) is 1.13. The van der Waals surface area contributed by atoms with Crippen molar-refractivity contribution in [3.8, 4) is 0 Å². The lowest BCUT2D eigenvalue weighted by molar-refractivity contribution is -0.118. The average Bonchev–Trinajstić information content (AvgIpc) is 2.78. The van der Waals surface area contributed by atoms with Gasteiger partial charge in [0.2, 0.25) is 5.89 Å². The van der Waals surface area contributed by atoms with Crippen molar-refractivity contribution in [3.05, 3.63) is 41.8 Å². The molecule has 0 radical (unpaired) electrons. The predicted octanol–water partition coefficient (Wildman–Crippen LogP) is 1.97. The molecule has 2 rings (SSSR count). The molecule has 0 unspecified atom stereocenters. The van der Waals surface area contributed by atoms with Crippen molar-refractivity contribution in [1.82, 2.24) is 15.1 Å². The number of ketones is 1. The molecule has 0 saturated heterocycles. The van der Waals surface area contributed by atoms with E-state index in [0.717, 1.165) is 12.0 Å². The summed E-state index contributed by atoms with van der Waals surface area (Å²) >= 11 is 0. The summed E-state index contributed by atoms with van der Waals surface area (Å²) in [6.07, 6.45) is 5.67. The minimum Gasteiger partial charge on any atom is -0.339 e. The first-order valence-corrected chi connectivity index (χ1v) is 6.00. The van der Waals surface area contributed by atoms with Gasteiger partial charge in [0.15, 0.2) is 5.82 Å². The zero-order valence-electron chi connectivity index (χ0n) is 10.3. The first-order chi connectivity index (χ1) is 8.78. The highest BCUT2D eigenvalue weighted by Crippen LogP contribution is 2.07. The van der Waals surface area contributed by atoms with Crippen molar-refractivity contribution >= 4 is 5.78 Å². The second-order valence-electron chi connectivity index (χ2n) is 4.10. The van der Waals surface area contributed by atoms with Gasteiger partial charge in [-0.25, -0.2) is 0 Å². The van der Waals surface area contributed by atoms with Crippen molar-refractivity contribution in [2.24, 2.45) is 0 Å². The van der Waals surface area contributed by atoms with Crippen molar-refractivity contribution in [1.29, 1.82) is 0 Å². The van der Waals surface area contributed by atoms with E-state index in [0.29, 0.717) is 24.6 Å². The molecule has 0 aliphatic rings. The van der Waals surface area contributed by atoms with Crippen LogP contribution in [0.1, 0.15) is 37.0 Å². The van der Waals surface area contributed by atoms with Gasteiger partial charge in [0.25, 0.3) is 0 Å². The number of nitrogens with zero attached hydrogens (tertiary/aromatic N) is 3. The predicted molar refractivity (Wildman–Crippen MR) is 65.0 cm³/mol. The Labute approximate surface area is 105 Å². The second-order valence-corrected chi connectivity index (χ2v) is 4.10. The third-order valence-corrected chi connectivity index (χ3v) is 2.50. The van der Waals surface area contributed by atoms with Crippen LogP contribution in [0.4, 0.5) is 0 Å². The summed E-state index contributed by atoms with van der Waals surface area (Å²) in [6, 6.07) is 3.80. The Kier molecular flexibility index (Phi) is 4.17. The molecule has 0 N–H and O–H groups in total. The number of Topliss-reactive ketones (excluding diaryl/α,β-unsaturated/α-hetero) is 1. The normalized spacial score (nSPS) is 10.5. The Bertz CT molecular complexity index is 508. The van der Waals surface area contributed by atoms with E-state index in [1.54, 1.807) is 12.4 Å². The van der Waals surface area contributed by atoms with Gasteiger partial charge in [-0.3, -0.25) is 9.78 Å². The number of pyridine rings is 1. The fraction of sp³-hybridized carbons (Fsp3) is 0.385. The van der Waals surface area contributed by atoms with E-state index in [9.17, 15) is 4.79 Å². The summed E-state index contributed by atoms with van der Waals surface area (Å²) in [7, 11) is 0. The Morgan fingerprint density at radius 1 is 1.33 bits per heavy atom. The molecule has 2 aromatic heterocycles. The molecule has 5 heteroatoms. The van der Waals surface area contributed by atoms with Gasteiger partial charge in [0.05, 0.1) is 6.42 Å². The Morgan fingerprint density at radius 3 is 2.83 bits per heavy atom. The standard InChI is InChI=1S/C13H15N3O2/c1-2-3-11(17)9-13-15-12(16-18-13)8-10-4-6-14-7-5-10/h4-7H,2-3,8-9H2,1H3. The largest absolute Gasteiger partial charge is 0.339 e. The van der Waals surface area contributed by atoms with Crippen LogP contribution in [0.5, 0.6) is 0 Å². The van der Waals surface area contributed by atoms with E-state index < -0.39 is 0 Å². The SMILES string of the molecule is CCCC(=O)Cc1nc(Cc2ccncc2)no1. The van der Waals surface area contributed by atoms with Gasteiger partial charge in [-0.1, -0.05) is 12.1 Å². The molecule has 0 aliphatic heterocycles. The van der Waals surface area contributed by atoms with Gasteiger partial charge in [0, 0.05) is 25.2 Å². The smallest absolute Gasteiger partial charge is 0.234 e. The quantitative estimate of drug-likeness (QED) is 0.778. The van der Waals surface area contributed by atoms with Crippen LogP contribution in [-0.4, -0.2) is 20.9 Å². The van der Waals surface area contributed by atoms with Crippen molar-refractivity contribution in [2.45, 2.75) is 32.6 Å². The number of hydrogen-bond acceptors (Lipinski definition) is 5. The van der Waals surface area contributed by atoms with Crippen LogP contribution in [0, 0.1) is 0 Å². The van der Waals surface area contributed by atoms with Crippen LogP contribution in [0.15, 0.2) is 29.0 Å². The van der Waals surface area contributed by atoms with E-state index in [1.165, 1.54) is 0 Å². The van der Waals surface area contributed by atoms with Crippen LogP contribution < -0.4 is 0 Å². The van der Waals surface area contributed by atoms with E-state index in [2.05, 4.69) is 15.1 Å². The maximum absolute atomic E-state index is 11.4. The molecular formula is C13H15N3O2. The minimum absolute atomic E-state index is 0.136. The molecule has 0 aromatic carbocycles. The van der Waals surface area contributed by atoms with Crippen molar-refractivity contribution in [2.75, 3.05) is 0 Å². The summed E-state index contributed by atoms with van der Waals surface area (Å²) < 4.78 is 5.06. The van der Waals surface area contributed by atoms with Crippen LogP contribution in [0.25, 0.3) is 0 Å². The van der Waals surface area contributed by atoms with Crippen LogP contribution in [-0.2, 0) is 17.6 Å². The molecule has 94 valence electrons. The molecular weight excluding hydrogens is 230 g/mol. The lowest BCUT2D eigenvalue weighted by atomic mass is 10.2. The van der Waals surface area contributed by atoms with Gasteiger partial charge in [-0.2, -0.15) is 4.98 Å². The highest BCUT2D eigenvalue weighted by Gasteiger charge is 2.10. The average molecular weight is 245 g/mol. The lowest BCUT2D eigenvalue weighted by Gasteiger charge is -1.94. The summed E-state index contributed by atoms with van der Waals surface area (Å²) in [6.45, 7) is 1.97. The van der Waals surface area contributed by atoms with Gasteiger partial charge in [-0.15, -0.1) is 0 Å². The van der Waals surface area contributed by atoms with Crippen LogP contribution in [0.3, 0.4) is 0 Å².